The first-order valence-corrected chi connectivity index (χ1v) is 15.0. The maximum Gasteiger partial charge on any atom is 0.349 e. The zero-order valence-corrected chi connectivity index (χ0v) is 25.4. The largest absolute Gasteiger partial charge is 0.481 e. The van der Waals surface area contributed by atoms with Gasteiger partial charge < -0.3 is 18.9 Å². The van der Waals surface area contributed by atoms with Crippen molar-refractivity contribution in [2.24, 2.45) is 0 Å². The molecule has 226 valence electrons. The van der Waals surface area contributed by atoms with Crippen LogP contribution in [0, 0.1) is 13.8 Å². The van der Waals surface area contributed by atoms with E-state index in [-0.39, 0.29) is 13.2 Å². The number of carbonyl (C=O) groups excluding carboxylic acids is 2. The van der Waals surface area contributed by atoms with Crippen molar-refractivity contribution in [1.82, 2.24) is 0 Å². The van der Waals surface area contributed by atoms with Crippen LogP contribution in [0.1, 0.15) is 11.1 Å². The van der Waals surface area contributed by atoms with Crippen LogP contribution >= 0.6 is 0 Å². The highest BCUT2D eigenvalue weighted by atomic mass is 16.6. The molecule has 7 aromatic carbocycles. The molecule has 0 radical (unpaired) electrons. The fourth-order valence-electron chi connectivity index (χ4n) is 5.81. The van der Waals surface area contributed by atoms with Crippen LogP contribution in [0.3, 0.4) is 0 Å². The number of hydrogen-bond donors (Lipinski definition) is 0. The average Bonchev–Trinajstić information content (AvgIpc) is 3.07. The van der Waals surface area contributed by atoms with E-state index >= 15 is 0 Å². The highest BCUT2D eigenvalue weighted by Gasteiger charge is 2.20. The molecule has 0 aromatic heterocycles. The van der Waals surface area contributed by atoms with Crippen LogP contribution in [0.2, 0.25) is 0 Å². The minimum Gasteiger partial charge on any atom is -0.481 e. The first kappa shape index (κ1) is 28.9. The Morgan fingerprint density at radius 3 is 1.26 bits per heavy atom. The molecule has 0 amide bonds. The molecule has 7 rings (SSSR count). The molecule has 0 N–H and O–H groups in total. The van der Waals surface area contributed by atoms with Crippen LogP contribution in [0.5, 0.6) is 23.0 Å². The van der Waals surface area contributed by atoms with Crippen molar-refractivity contribution in [2.75, 3.05) is 13.2 Å². The van der Waals surface area contributed by atoms with Gasteiger partial charge in [0, 0.05) is 32.3 Å². The van der Waals surface area contributed by atoms with E-state index in [9.17, 15) is 9.59 Å². The SMILES string of the molecule is Cc1cc2c(OCC(=O)Oc3cccc4ccccc34)c3ccccc3c(OCC(=O)Oc3cccc4ccccc34)c2cc1C. The molecule has 0 atom stereocenters. The predicted molar refractivity (Wildman–Crippen MR) is 181 cm³/mol. The van der Waals surface area contributed by atoms with Crippen LogP contribution in [-0.4, -0.2) is 25.2 Å². The van der Waals surface area contributed by atoms with Crippen molar-refractivity contribution < 1.29 is 28.5 Å². The lowest BCUT2D eigenvalue weighted by Gasteiger charge is -2.19. The zero-order chi connectivity index (χ0) is 31.6. The molecular weight excluding hydrogens is 576 g/mol. The lowest BCUT2D eigenvalue weighted by molar-refractivity contribution is -0.137. The van der Waals surface area contributed by atoms with E-state index in [1.807, 2.05) is 123 Å². The van der Waals surface area contributed by atoms with Gasteiger partial charge in [-0.2, -0.15) is 0 Å². The Morgan fingerprint density at radius 2 is 0.826 bits per heavy atom. The number of fused-ring (bicyclic) bond motifs is 4. The molecule has 0 spiro atoms. The number of aryl methyl sites for hydroxylation is 2. The fraction of sp³-hybridized carbons (Fsp3) is 0.100. The monoisotopic (exact) mass is 606 g/mol. The summed E-state index contributed by atoms with van der Waals surface area (Å²) in [6.07, 6.45) is 0. The lowest BCUT2D eigenvalue weighted by atomic mass is 9.96. The first-order chi connectivity index (χ1) is 22.5. The second kappa shape index (κ2) is 12.3. The number of esters is 2. The highest BCUT2D eigenvalue weighted by Crippen LogP contribution is 2.44. The van der Waals surface area contributed by atoms with Gasteiger partial charge in [0.25, 0.3) is 0 Å². The summed E-state index contributed by atoms with van der Waals surface area (Å²) in [5.74, 6) is 0.991. The molecule has 0 aliphatic heterocycles. The van der Waals surface area contributed by atoms with Crippen molar-refractivity contribution in [3.05, 3.63) is 132 Å². The molecule has 0 saturated carbocycles. The third-order valence-electron chi connectivity index (χ3n) is 8.15. The van der Waals surface area contributed by atoms with Crippen LogP contribution in [-0.2, 0) is 9.59 Å². The Labute approximate surface area is 265 Å². The van der Waals surface area contributed by atoms with E-state index in [0.29, 0.717) is 23.0 Å². The van der Waals surface area contributed by atoms with Gasteiger partial charge in [0.05, 0.1) is 0 Å². The van der Waals surface area contributed by atoms with Gasteiger partial charge in [0.1, 0.15) is 23.0 Å². The van der Waals surface area contributed by atoms with Gasteiger partial charge in [-0.15, -0.1) is 0 Å². The van der Waals surface area contributed by atoms with E-state index in [2.05, 4.69) is 0 Å². The molecule has 0 aliphatic carbocycles. The molecule has 46 heavy (non-hydrogen) atoms. The van der Waals surface area contributed by atoms with E-state index in [4.69, 9.17) is 18.9 Å². The minimum atomic E-state index is -0.520. The Hall–Kier alpha value is -5.88. The highest BCUT2D eigenvalue weighted by molar-refractivity contribution is 6.11. The summed E-state index contributed by atoms with van der Waals surface area (Å²) in [6, 6.07) is 38.3. The summed E-state index contributed by atoms with van der Waals surface area (Å²) < 4.78 is 24.0. The number of carbonyl (C=O) groups is 2. The molecule has 0 saturated heterocycles. The van der Waals surface area contributed by atoms with Crippen molar-refractivity contribution in [1.29, 1.82) is 0 Å². The molecule has 0 bridgehead atoms. The van der Waals surface area contributed by atoms with E-state index in [1.165, 1.54) is 0 Å². The molecule has 0 fully saturated rings. The Morgan fingerprint density at radius 1 is 0.457 bits per heavy atom. The number of benzene rings is 7. The van der Waals surface area contributed by atoms with Gasteiger partial charge >= 0.3 is 11.9 Å². The molecule has 0 aliphatic rings. The first-order valence-electron chi connectivity index (χ1n) is 15.0. The minimum absolute atomic E-state index is 0.299. The topological polar surface area (TPSA) is 71.1 Å². The zero-order valence-electron chi connectivity index (χ0n) is 25.4. The summed E-state index contributed by atoms with van der Waals surface area (Å²) in [5, 5.41) is 6.67. The number of ether oxygens (including phenoxy) is 4. The van der Waals surface area contributed by atoms with Gasteiger partial charge in [0.15, 0.2) is 13.2 Å². The lowest BCUT2D eigenvalue weighted by Crippen LogP contribution is -2.19. The second-order valence-electron chi connectivity index (χ2n) is 11.2. The van der Waals surface area contributed by atoms with Crippen LogP contribution in [0.15, 0.2) is 121 Å². The van der Waals surface area contributed by atoms with Gasteiger partial charge in [-0.3, -0.25) is 0 Å². The van der Waals surface area contributed by atoms with Crippen LogP contribution in [0.4, 0.5) is 0 Å². The third kappa shape index (κ3) is 5.57. The van der Waals surface area contributed by atoms with Crippen LogP contribution in [0.25, 0.3) is 43.1 Å². The van der Waals surface area contributed by atoms with Gasteiger partial charge in [-0.05, 0) is 60.0 Å². The van der Waals surface area contributed by atoms with Gasteiger partial charge in [-0.1, -0.05) is 97.1 Å². The Kier molecular flexibility index (Phi) is 7.69. The molecule has 6 heteroatoms. The molecule has 6 nitrogen and oxygen atoms in total. The average molecular weight is 607 g/mol. The fourth-order valence-corrected chi connectivity index (χ4v) is 5.81. The standard InChI is InChI=1S/C40H30O6/c1-25-21-33-34(22-26(25)2)40(44-24-38(42)46-36-20-10-14-28-12-4-6-16-30(28)36)32-18-8-7-17-31(32)39(33)43-23-37(41)45-35-19-9-13-27-11-3-5-15-29(27)35/h3-22H,23-24H2,1-2H3. The summed E-state index contributed by atoms with van der Waals surface area (Å²) >= 11 is 0. The van der Waals surface area contributed by atoms with Crippen molar-refractivity contribution >= 4 is 55.0 Å². The normalized spacial score (nSPS) is 11.2. The van der Waals surface area contributed by atoms with Gasteiger partial charge in [0.2, 0.25) is 0 Å². The van der Waals surface area contributed by atoms with Crippen molar-refractivity contribution in [2.45, 2.75) is 13.8 Å². The van der Waals surface area contributed by atoms with Crippen LogP contribution < -0.4 is 18.9 Å². The maximum absolute atomic E-state index is 13.1. The van der Waals surface area contributed by atoms with E-state index in [1.54, 1.807) is 12.1 Å². The molecule has 7 aromatic rings. The summed E-state index contributed by atoms with van der Waals surface area (Å²) in [4.78, 5) is 26.2. The molecule has 0 heterocycles. The maximum atomic E-state index is 13.1. The van der Waals surface area contributed by atoms with Crippen molar-refractivity contribution in [3.63, 3.8) is 0 Å². The second-order valence-corrected chi connectivity index (χ2v) is 11.2. The predicted octanol–water partition coefficient (Wildman–Crippen LogP) is 8.89. The summed E-state index contributed by atoms with van der Waals surface area (Å²) in [5.41, 5.74) is 2.10. The van der Waals surface area contributed by atoms with E-state index in [0.717, 1.165) is 54.2 Å². The van der Waals surface area contributed by atoms with Crippen molar-refractivity contribution in [3.8, 4) is 23.0 Å². The Balaban J connectivity index is 1.19. The summed E-state index contributed by atoms with van der Waals surface area (Å²) in [6.45, 7) is 3.44. The van der Waals surface area contributed by atoms with Gasteiger partial charge in [-0.25, -0.2) is 9.59 Å². The smallest absolute Gasteiger partial charge is 0.349 e. The summed E-state index contributed by atoms with van der Waals surface area (Å²) in [7, 11) is 0. The molecule has 0 unspecified atom stereocenters. The quantitative estimate of drug-likeness (QED) is 0.0978. The third-order valence-corrected chi connectivity index (χ3v) is 8.15. The number of hydrogen-bond acceptors (Lipinski definition) is 6. The number of rotatable bonds is 8. The molecular formula is C40H30O6. The Bertz CT molecular complexity index is 2120. The van der Waals surface area contributed by atoms with E-state index < -0.39 is 11.9 Å².